The predicted molar refractivity (Wildman–Crippen MR) is 72.6 cm³/mol. The number of hydrogen-bond donors (Lipinski definition) is 2. The molecule has 1 saturated heterocycles. The van der Waals surface area contributed by atoms with Crippen molar-refractivity contribution in [3.8, 4) is 0 Å². The molecule has 1 saturated carbocycles. The Morgan fingerprint density at radius 2 is 2.17 bits per heavy atom. The van der Waals surface area contributed by atoms with Gasteiger partial charge in [-0.05, 0) is 45.8 Å². The summed E-state index contributed by atoms with van der Waals surface area (Å²) in [5.41, 5.74) is 7.44. The van der Waals surface area contributed by atoms with E-state index in [4.69, 9.17) is 5.73 Å². The number of piperidine rings is 1. The lowest BCUT2D eigenvalue weighted by Crippen LogP contribution is -2.42. The van der Waals surface area contributed by atoms with Crippen LogP contribution in [0, 0.1) is 0 Å². The molecule has 2 fully saturated rings. The van der Waals surface area contributed by atoms with Gasteiger partial charge in [-0.3, -0.25) is 0 Å². The Kier molecular flexibility index (Phi) is 3.16. The molecule has 18 heavy (non-hydrogen) atoms. The highest BCUT2D eigenvalue weighted by Gasteiger charge is 2.40. The summed E-state index contributed by atoms with van der Waals surface area (Å²) in [7, 11) is 2.20. The SMILES string of the molecule is CN1CCC(c2cnc(C3(CN)CCC3)[nH]2)CC1. The molecule has 2 heterocycles. The Balaban J connectivity index is 1.73. The van der Waals surface area contributed by atoms with E-state index in [1.165, 1.54) is 50.9 Å². The summed E-state index contributed by atoms with van der Waals surface area (Å²) >= 11 is 0. The standard InChI is InChI=1S/C14H24N4/c1-18-7-3-11(4-8-18)12-9-16-13(17-12)14(10-15)5-2-6-14/h9,11H,2-8,10,15H2,1H3,(H,16,17). The van der Waals surface area contributed by atoms with E-state index >= 15 is 0 Å². The Hall–Kier alpha value is -0.870. The Morgan fingerprint density at radius 1 is 1.44 bits per heavy atom. The third kappa shape index (κ3) is 1.97. The van der Waals surface area contributed by atoms with Gasteiger partial charge in [-0.1, -0.05) is 6.42 Å². The van der Waals surface area contributed by atoms with Crippen molar-refractivity contribution in [3.63, 3.8) is 0 Å². The lowest BCUT2D eigenvalue weighted by atomic mass is 9.68. The topological polar surface area (TPSA) is 57.9 Å². The molecule has 0 bridgehead atoms. The smallest absolute Gasteiger partial charge is 0.113 e. The van der Waals surface area contributed by atoms with Gasteiger partial charge >= 0.3 is 0 Å². The van der Waals surface area contributed by atoms with Crippen LogP contribution in [-0.4, -0.2) is 41.5 Å². The number of likely N-dealkylation sites (tertiary alicyclic amines) is 1. The number of nitrogens with two attached hydrogens (primary N) is 1. The van der Waals surface area contributed by atoms with Gasteiger partial charge in [0.05, 0.1) is 0 Å². The summed E-state index contributed by atoms with van der Waals surface area (Å²) in [6.07, 6.45) is 8.23. The first-order valence-electron chi connectivity index (χ1n) is 7.17. The molecule has 3 rings (SSSR count). The minimum Gasteiger partial charge on any atom is -0.345 e. The van der Waals surface area contributed by atoms with Gasteiger partial charge in [0.15, 0.2) is 0 Å². The Bertz CT molecular complexity index is 394. The molecule has 0 aromatic carbocycles. The summed E-state index contributed by atoms with van der Waals surface area (Å²) in [4.78, 5) is 10.6. The van der Waals surface area contributed by atoms with Crippen LogP contribution in [-0.2, 0) is 5.41 Å². The molecule has 0 radical (unpaired) electrons. The van der Waals surface area contributed by atoms with Crippen LogP contribution in [0.2, 0.25) is 0 Å². The summed E-state index contributed by atoms with van der Waals surface area (Å²) in [6, 6.07) is 0. The van der Waals surface area contributed by atoms with Crippen molar-refractivity contribution in [3.05, 3.63) is 17.7 Å². The number of aromatic amines is 1. The molecule has 0 spiro atoms. The summed E-state index contributed by atoms with van der Waals surface area (Å²) in [6.45, 7) is 3.12. The number of H-pyrrole nitrogens is 1. The van der Waals surface area contributed by atoms with Crippen molar-refractivity contribution < 1.29 is 0 Å². The van der Waals surface area contributed by atoms with E-state index in [1.807, 2.05) is 0 Å². The summed E-state index contributed by atoms with van der Waals surface area (Å²) in [5.74, 6) is 1.81. The van der Waals surface area contributed by atoms with Gasteiger partial charge in [0.1, 0.15) is 5.82 Å². The van der Waals surface area contributed by atoms with Gasteiger partial charge < -0.3 is 15.6 Å². The number of imidazole rings is 1. The maximum Gasteiger partial charge on any atom is 0.113 e. The van der Waals surface area contributed by atoms with Crippen LogP contribution in [0.1, 0.15) is 49.5 Å². The van der Waals surface area contributed by atoms with Crippen LogP contribution >= 0.6 is 0 Å². The van der Waals surface area contributed by atoms with Crippen molar-refractivity contribution in [2.24, 2.45) is 5.73 Å². The van der Waals surface area contributed by atoms with Crippen molar-refractivity contribution in [1.82, 2.24) is 14.9 Å². The maximum atomic E-state index is 5.94. The van der Waals surface area contributed by atoms with Crippen molar-refractivity contribution in [2.75, 3.05) is 26.7 Å². The fraction of sp³-hybridized carbons (Fsp3) is 0.786. The second kappa shape index (κ2) is 4.67. The highest BCUT2D eigenvalue weighted by Crippen LogP contribution is 2.41. The third-order valence-corrected chi connectivity index (χ3v) is 4.96. The van der Waals surface area contributed by atoms with Crippen molar-refractivity contribution in [2.45, 2.75) is 43.4 Å². The molecular weight excluding hydrogens is 224 g/mol. The lowest BCUT2D eigenvalue weighted by molar-refractivity contribution is 0.237. The molecule has 4 heteroatoms. The second-order valence-electron chi connectivity index (χ2n) is 6.10. The van der Waals surface area contributed by atoms with Gasteiger partial charge in [0.25, 0.3) is 0 Å². The lowest BCUT2D eigenvalue weighted by Gasteiger charge is -2.39. The minimum absolute atomic E-state index is 0.170. The van der Waals surface area contributed by atoms with Crippen LogP contribution in [0.5, 0.6) is 0 Å². The van der Waals surface area contributed by atoms with Crippen LogP contribution in [0.4, 0.5) is 0 Å². The zero-order chi connectivity index (χ0) is 12.6. The van der Waals surface area contributed by atoms with E-state index in [1.54, 1.807) is 0 Å². The largest absolute Gasteiger partial charge is 0.345 e. The molecule has 4 nitrogen and oxygen atoms in total. The fourth-order valence-electron chi connectivity index (χ4n) is 3.27. The quantitative estimate of drug-likeness (QED) is 0.854. The summed E-state index contributed by atoms with van der Waals surface area (Å²) in [5, 5.41) is 0. The van der Waals surface area contributed by atoms with E-state index in [0.717, 1.165) is 12.4 Å². The predicted octanol–water partition coefficient (Wildman–Crippen LogP) is 1.60. The first-order valence-corrected chi connectivity index (χ1v) is 7.17. The zero-order valence-corrected chi connectivity index (χ0v) is 11.3. The molecule has 100 valence electrons. The maximum absolute atomic E-state index is 5.94. The minimum atomic E-state index is 0.170. The van der Waals surface area contributed by atoms with Gasteiger partial charge in [0.2, 0.25) is 0 Å². The van der Waals surface area contributed by atoms with Gasteiger partial charge in [-0.2, -0.15) is 0 Å². The molecule has 1 aromatic heterocycles. The number of aromatic nitrogens is 2. The van der Waals surface area contributed by atoms with Gasteiger partial charge in [0, 0.05) is 29.8 Å². The Labute approximate surface area is 109 Å². The molecule has 0 atom stereocenters. The number of nitrogens with zero attached hydrogens (tertiary/aromatic N) is 2. The van der Waals surface area contributed by atoms with E-state index < -0.39 is 0 Å². The highest BCUT2D eigenvalue weighted by atomic mass is 15.1. The number of hydrogen-bond acceptors (Lipinski definition) is 3. The first kappa shape index (κ1) is 12.2. The molecule has 0 amide bonds. The molecule has 1 aromatic rings. The zero-order valence-electron chi connectivity index (χ0n) is 11.3. The van der Waals surface area contributed by atoms with E-state index in [0.29, 0.717) is 5.92 Å². The third-order valence-electron chi connectivity index (χ3n) is 4.96. The second-order valence-corrected chi connectivity index (χ2v) is 6.10. The highest BCUT2D eigenvalue weighted by molar-refractivity contribution is 5.19. The average Bonchev–Trinajstić information content (AvgIpc) is 2.79. The molecule has 1 aliphatic carbocycles. The van der Waals surface area contributed by atoms with Crippen LogP contribution in [0.25, 0.3) is 0 Å². The fourth-order valence-corrected chi connectivity index (χ4v) is 3.27. The van der Waals surface area contributed by atoms with Crippen LogP contribution in [0.3, 0.4) is 0 Å². The molecule has 2 aliphatic rings. The number of nitrogens with one attached hydrogen (secondary N) is 1. The molecule has 3 N–H and O–H groups in total. The summed E-state index contributed by atoms with van der Waals surface area (Å²) < 4.78 is 0. The van der Waals surface area contributed by atoms with E-state index in [-0.39, 0.29) is 5.41 Å². The van der Waals surface area contributed by atoms with E-state index in [2.05, 4.69) is 28.1 Å². The van der Waals surface area contributed by atoms with Gasteiger partial charge in [-0.25, -0.2) is 4.98 Å². The average molecular weight is 248 g/mol. The van der Waals surface area contributed by atoms with Gasteiger partial charge in [-0.15, -0.1) is 0 Å². The molecular formula is C14H24N4. The Morgan fingerprint density at radius 3 is 2.72 bits per heavy atom. The first-order chi connectivity index (χ1) is 8.73. The van der Waals surface area contributed by atoms with E-state index in [9.17, 15) is 0 Å². The van der Waals surface area contributed by atoms with Crippen molar-refractivity contribution >= 4 is 0 Å². The van der Waals surface area contributed by atoms with Crippen LogP contribution < -0.4 is 5.73 Å². The number of rotatable bonds is 3. The molecule has 0 unspecified atom stereocenters. The molecule has 1 aliphatic heterocycles. The normalized spacial score (nSPS) is 25.0. The monoisotopic (exact) mass is 248 g/mol. The van der Waals surface area contributed by atoms with Crippen LogP contribution in [0.15, 0.2) is 6.20 Å². The van der Waals surface area contributed by atoms with Crippen molar-refractivity contribution in [1.29, 1.82) is 0 Å².